The highest BCUT2D eigenvalue weighted by Gasteiger charge is 1.97. The number of hydrogen-bond donors (Lipinski definition) is 2. The van der Waals surface area contributed by atoms with Crippen molar-refractivity contribution in [3.05, 3.63) is 42.1 Å². The molecule has 2 aromatic rings. The fourth-order valence-corrected chi connectivity index (χ4v) is 1.42. The molecule has 0 radical (unpaired) electrons. The van der Waals surface area contributed by atoms with E-state index in [-0.39, 0.29) is 0 Å². The van der Waals surface area contributed by atoms with Gasteiger partial charge in [-0.05, 0) is 24.2 Å². The van der Waals surface area contributed by atoms with Crippen LogP contribution in [0.4, 0.5) is 0 Å². The Hall–Kier alpha value is -1.61. The summed E-state index contributed by atoms with van der Waals surface area (Å²) in [6, 6.07) is 10.4. The summed E-state index contributed by atoms with van der Waals surface area (Å²) < 4.78 is 0. The smallest absolute Gasteiger partial charge is 0.0650 e. The van der Waals surface area contributed by atoms with Crippen molar-refractivity contribution in [3.8, 4) is 11.3 Å². The number of rotatable bonds is 3. The molecule has 2 rings (SSSR count). The van der Waals surface area contributed by atoms with Crippen molar-refractivity contribution in [1.82, 2.24) is 15.5 Å². The maximum Gasteiger partial charge on any atom is 0.0650 e. The second kappa shape index (κ2) is 4.07. The maximum atomic E-state index is 3.92. The molecule has 0 aliphatic carbocycles. The molecule has 1 heterocycles. The van der Waals surface area contributed by atoms with Crippen LogP contribution in [0.3, 0.4) is 0 Å². The zero-order chi connectivity index (χ0) is 9.80. The molecule has 0 bridgehead atoms. The van der Waals surface area contributed by atoms with Crippen molar-refractivity contribution < 1.29 is 0 Å². The minimum atomic E-state index is 0.906. The summed E-state index contributed by atoms with van der Waals surface area (Å²) in [5, 5.41) is 9.98. The summed E-state index contributed by atoms with van der Waals surface area (Å²) in [5.74, 6) is 0. The van der Waals surface area contributed by atoms with E-state index in [0.717, 1.165) is 12.2 Å². The molecule has 3 nitrogen and oxygen atoms in total. The molecule has 0 aliphatic rings. The lowest BCUT2D eigenvalue weighted by Crippen LogP contribution is -2.04. The molecule has 0 unspecified atom stereocenters. The Morgan fingerprint density at radius 2 is 2.00 bits per heavy atom. The van der Waals surface area contributed by atoms with E-state index in [1.165, 1.54) is 11.1 Å². The molecule has 0 amide bonds. The fourth-order valence-electron chi connectivity index (χ4n) is 1.42. The zero-order valence-corrected chi connectivity index (χ0v) is 8.12. The van der Waals surface area contributed by atoms with Crippen LogP contribution in [0.1, 0.15) is 5.56 Å². The molecule has 0 saturated carbocycles. The SMILES string of the molecule is CNCc1ccc(-c2ccn[nH]2)cc1. The zero-order valence-electron chi connectivity index (χ0n) is 8.12. The molecular formula is C11H13N3. The van der Waals surface area contributed by atoms with Gasteiger partial charge in [0.15, 0.2) is 0 Å². The van der Waals surface area contributed by atoms with Crippen LogP contribution < -0.4 is 5.32 Å². The molecule has 0 atom stereocenters. The topological polar surface area (TPSA) is 40.7 Å². The van der Waals surface area contributed by atoms with Crippen LogP contribution in [0.5, 0.6) is 0 Å². The summed E-state index contributed by atoms with van der Waals surface area (Å²) in [6.07, 6.45) is 1.76. The average Bonchev–Trinajstić information content (AvgIpc) is 2.72. The second-order valence-electron chi connectivity index (χ2n) is 3.20. The van der Waals surface area contributed by atoms with Gasteiger partial charge in [-0.1, -0.05) is 24.3 Å². The van der Waals surface area contributed by atoms with E-state index in [4.69, 9.17) is 0 Å². The van der Waals surface area contributed by atoms with Crippen LogP contribution in [0.2, 0.25) is 0 Å². The van der Waals surface area contributed by atoms with E-state index in [0.29, 0.717) is 0 Å². The molecule has 0 aliphatic heterocycles. The molecular weight excluding hydrogens is 174 g/mol. The number of H-pyrrole nitrogens is 1. The number of aromatic nitrogens is 2. The van der Waals surface area contributed by atoms with Gasteiger partial charge < -0.3 is 5.32 Å². The van der Waals surface area contributed by atoms with Crippen LogP contribution in [0, 0.1) is 0 Å². The Bertz CT molecular complexity index is 375. The van der Waals surface area contributed by atoms with E-state index < -0.39 is 0 Å². The molecule has 3 heteroatoms. The van der Waals surface area contributed by atoms with Gasteiger partial charge in [-0.15, -0.1) is 0 Å². The molecule has 2 N–H and O–H groups in total. The van der Waals surface area contributed by atoms with E-state index in [2.05, 4.69) is 39.8 Å². The van der Waals surface area contributed by atoms with Crippen molar-refractivity contribution in [2.45, 2.75) is 6.54 Å². The largest absolute Gasteiger partial charge is 0.316 e. The van der Waals surface area contributed by atoms with E-state index in [9.17, 15) is 0 Å². The third-order valence-electron chi connectivity index (χ3n) is 2.15. The Labute approximate surface area is 83.2 Å². The quantitative estimate of drug-likeness (QED) is 0.769. The standard InChI is InChI=1S/C11H13N3/c1-12-8-9-2-4-10(5-3-9)11-6-7-13-14-11/h2-7,12H,8H2,1H3,(H,13,14). The summed E-state index contributed by atoms with van der Waals surface area (Å²) in [6.45, 7) is 0.906. The number of hydrogen-bond acceptors (Lipinski definition) is 2. The number of benzene rings is 1. The van der Waals surface area contributed by atoms with Gasteiger partial charge in [-0.3, -0.25) is 5.10 Å². The van der Waals surface area contributed by atoms with Crippen molar-refractivity contribution in [3.63, 3.8) is 0 Å². The Kier molecular flexibility index (Phi) is 2.60. The molecule has 0 fully saturated rings. The Morgan fingerprint density at radius 3 is 2.57 bits per heavy atom. The van der Waals surface area contributed by atoms with Gasteiger partial charge in [0, 0.05) is 12.7 Å². The average molecular weight is 187 g/mol. The van der Waals surface area contributed by atoms with Gasteiger partial charge in [0.2, 0.25) is 0 Å². The van der Waals surface area contributed by atoms with Crippen LogP contribution in [0.15, 0.2) is 36.5 Å². The molecule has 1 aromatic carbocycles. The molecule has 0 saturated heterocycles. The molecule has 0 spiro atoms. The molecule has 1 aromatic heterocycles. The summed E-state index contributed by atoms with van der Waals surface area (Å²) >= 11 is 0. The normalized spacial score (nSPS) is 10.4. The van der Waals surface area contributed by atoms with Crippen molar-refractivity contribution in [2.75, 3.05) is 7.05 Å². The van der Waals surface area contributed by atoms with Gasteiger partial charge in [0.05, 0.1) is 5.69 Å². The molecule has 72 valence electrons. The summed E-state index contributed by atoms with van der Waals surface area (Å²) in [7, 11) is 1.95. The van der Waals surface area contributed by atoms with Crippen LogP contribution in [-0.2, 0) is 6.54 Å². The second-order valence-corrected chi connectivity index (χ2v) is 3.20. The first-order valence-corrected chi connectivity index (χ1v) is 4.63. The predicted molar refractivity (Wildman–Crippen MR) is 56.8 cm³/mol. The number of nitrogens with zero attached hydrogens (tertiary/aromatic N) is 1. The Morgan fingerprint density at radius 1 is 1.21 bits per heavy atom. The minimum absolute atomic E-state index is 0.906. The summed E-state index contributed by atoms with van der Waals surface area (Å²) in [4.78, 5) is 0. The van der Waals surface area contributed by atoms with Gasteiger partial charge in [0.1, 0.15) is 0 Å². The van der Waals surface area contributed by atoms with E-state index in [1.54, 1.807) is 6.20 Å². The highest BCUT2D eigenvalue weighted by Crippen LogP contribution is 2.16. The first-order valence-electron chi connectivity index (χ1n) is 4.63. The van der Waals surface area contributed by atoms with Crippen LogP contribution >= 0.6 is 0 Å². The third-order valence-corrected chi connectivity index (χ3v) is 2.15. The van der Waals surface area contributed by atoms with E-state index >= 15 is 0 Å². The highest BCUT2D eigenvalue weighted by atomic mass is 15.1. The van der Waals surface area contributed by atoms with Crippen molar-refractivity contribution >= 4 is 0 Å². The van der Waals surface area contributed by atoms with Crippen LogP contribution in [0.25, 0.3) is 11.3 Å². The minimum Gasteiger partial charge on any atom is -0.316 e. The lowest BCUT2D eigenvalue weighted by molar-refractivity contribution is 0.818. The van der Waals surface area contributed by atoms with Crippen LogP contribution in [-0.4, -0.2) is 17.2 Å². The molecule has 14 heavy (non-hydrogen) atoms. The van der Waals surface area contributed by atoms with Gasteiger partial charge in [-0.2, -0.15) is 5.10 Å². The fraction of sp³-hybridized carbons (Fsp3) is 0.182. The predicted octanol–water partition coefficient (Wildman–Crippen LogP) is 1.80. The number of nitrogens with one attached hydrogen (secondary N) is 2. The Balaban J connectivity index is 2.22. The first-order chi connectivity index (χ1) is 6.90. The summed E-state index contributed by atoms with van der Waals surface area (Å²) in [5.41, 5.74) is 3.51. The lowest BCUT2D eigenvalue weighted by Gasteiger charge is -2.01. The van der Waals surface area contributed by atoms with Gasteiger partial charge >= 0.3 is 0 Å². The van der Waals surface area contributed by atoms with Gasteiger partial charge in [0.25, 0.3) is 0 Å². The first kappa shape index (κ1) is 8.97. The monoisotopic (exact) mass is 187 g/mol. The third kappa shape index (κ3) is 1.83. The van der Waals surface area contributed by atoms with Crippen molar-refractivity contribution in [2.24, 2.45) is 0 Å². The number of aromatic amines is 1. The maximum absolute atomic E-state index is 3.92. The van der Waals surface area contributed by atoms with Gasteiger partial charge in [-0.25, -0.2) is 0 Å². The van der Waals surface area contributed by atoms with E-state index in [1.807, 2.05) is 13.1 Å². The highest BCUT2D eigenvalue weighted by molar-refractivity contribution is 5.58. The van der Waals surface area contributed by atoms with Crippen molar-refractivity contribution in [1.29, 1.82) is 0 Å². The lowest BCUT2D eigenvalue weighted by atomic mass is 10.1.